The Balaban J connectivity index is 3.63. The van der Waals surface area contributed by atoms with Crippen molar-refractivity contribution in [2.45, 2.75) is 0 Å². The second kappa shape index (κ2) is 7.99. The van der Waals surface area contributed by atoms with Gasteiger partial charge in [-0.1, -0.05) is 17.9 Å². The number of carbonyl (C=O) groups excluding carboxylic acids is 1. The fraction of sp³-hybridized carbons (Fsp3) is 0.500. The van der Waals surface area contributed by atoms with Crippen LogP contribution in [0.4, 0.5) is 0 Å². The maximum Gasteiger partial charge on any atom is 0.134 e. The van der Waals surface area contributed by atoms with Crippen molar-refractivity contribution in [1.29, 1.82) is 0 Å². The Morgan fingerprint density at radius 3 is 2.18 bits per heavy atom. The largest absolute Gasteiger partial charge is 0.302 e. The first kappa shape index (κ1) is 13.6. The van der Waals surface area contributed by atoms with E-state index in [9.17, 15) is 4.79 Å². The van der Waals surface area contributed by atoms with Crippen LogP contribution in [0.25, 0.3) is 0 Å². The van der Waals surface area contributed by atoms with Gasteiger partial charge in [-0.3, -0.25) is 5.09 Å². The molecule has 1 N–H and O–H groups in total. The summed E-state index contributed by atoms with van der Waals surface area (Å²) in [5, 5.41) is 3.17. The molecule has 0 aliphatic heterocycles. The van der Waals surface area contributed by atoms with E-state index in [0.717, 1.165) is 6.29 Å². The van der Waals surface area contributed by atoms with Crippen molar-refractivity contribution < 1.29 is 4.79 Å². The highest BCUT2D eigenvalue weighted by Gasteiger charge is 2.14. The van der Waals surface area contributed by atoms with Gasteiger partial charge in [0.15, 0.2) is 0 Å². The van der Waals surface area contributed by atoms with Crippen molar-refractivity contribution in [3.8, 4) is 0 Å². The van der Waals surface area contributed by atoms with E-state index in [1.165, 1.54) is 0 Å². The fourth-order valence-electron chi connectivity index (χ4n) is 0.315. The Kier molecular flexibility index (Phi) is 9.91. The molecule has 0 amide bonds. The summed E-state index contributed by atoms with van der Waals surface area (Å²) in [5.41, 5.74) is 0. The molecular weight excluding hydrogens is 271 g/mol. The third kappa shape index (κ3) is 6.68. The molecule has 0 saturated heterocycles. The van der Waals surface area contributed by atoms with Crippen LogP contribution in [-0.2, 0) is 4.79 Å². The number of hydrogen-bond donors (Lipinski definition) is 1. The molecule has 6 unspecified atom stereocenters. The van der Waals surface area contributed by atoms with Gasteiger partial charge in [0.2, 0.25) is 0 Å². The lowest BCUT2D eigenvalue weighted by molar-refractivity contribution is -0.106. The molecule has 0 radical (unpaired) electrons. The summed E-state index contributed by atoms with van der Waals surface area (Å²) in [7, 11) is 11.0. The molecule has 6 atom stereocenters. The molecule has 66 valence electrons. The molecule has 0 fully saturated rings. The van der Waals surface area contributed by atoms with Gasteiger partial charge in [-0.25, -0.2) is 0 Å². The molecule has 0 aliphatic rings. The molecule has 0 aliphatic carbocycles. The summed E-state index contributed by atoms with van der Waals surface area (Å²) in [6.07, 6.45) is 0.904. The standard InChI is InChI=1S/C2H12NOP7/c4-2-1-3-9(5)11(8)10(6)7/h2-3H,1,5-8H2. The van der Waals surface area contributed by atoms with Gasteiger partial charge < -0.3 is 4.79 Å². The van der Waals surface area contributed by atoms with E-state index in [-0.39, 0.29) is 21.4 Å². The smallest absolute Gasteiger partial charge is 0.134 e. The Morgan fingerprint density at radius 1 is 1.27 bits per heavy atom. The van der Waals surface area contributed by atoms with E-state index in [4.69, 9.17) is 0 Å². The van der Waals surface area contributed by atoms with E-state index in [1.807, 2.05) is 0 Å². The fourth-order valence-corrected chi connectivity index (χ4v) is 21.6. The lowest BCUT2D eigenvalue weighted by Crippen LogP contribution is -2.04. The monoisotopic (exact) mass is 283 g/mol. The summed E-state index contributed by atoms with van der Waals surface area (Å²) >= 11 is 0. The average Bonchev–Trinajstić information content (AvgIpc) is 1.98. The van der Waals surface area contributed by atoms with Gasteiger partial charge in [-0.05, 0) is 14.0 Å². The van der Waals surface area contributed by atoms with Crippen LogP contribution in [0.1, 0.15) is 0 Å². The summed E-state index contributed by atoms with van der Waals surface area (Å²) < 4.78 is 0. The van der Waals surface area contributed by atoms with Crippen molar-refractivity contribution >= 4 is 63.4 Å². The zero-order valence-corrected chi connectivity index (χ0v) is 13.1. The van der Waals surface area contributed by atoms with Gasteiger partial charge in [0, 0.05) is 7.45 Å². The third-order valence-electron chi connectivity index (χ3n) is 0.794. The maximum atomic E-state index is 10.0. The van der Waals surface area contributed by atoms with Crippen LogP contribution < -0.4 is 5.09 Å². The minimum atomic E-state index is -0.237. The molecule has 0 bridgehead atoms. The van der Waals surface area contributed by atoms with E-state index in [0.29, 0.717) is 6.54 Å². The highest BCUT2D eigenvalue weighted by molar-refractivity contribution is 9.00. The van der Waals surface area contributed by atoms with Gasteiger partial charge in [0.05, 0.1) is 6.54 Å². The van der Waals surface area contributed by atoms with Crippen molar-refractivity contribution in [2.24, 2.45) is 0 Å². The molecule has 9 heteroatoms. The van der Waals surface area contributed by atoms with Crippen LogP contribution in [0.5, 0.6) is 0 Å². The predicted octanol–water partition coefficient (Wildman–Crippen LogP) is 3.13. The lowest BCUT2D eigenvalue weighted by Gasteiger charge is -2.23. The van der Waals surface area contributed by atoms with Crippen molar-refractivity contribution in [1.82, 2.24) is 5.09 Å². The number of carbonyl (C=O) groups is 1. The summed E-state index contributed by atoms with van der Waals surface area (Å²) in [6.45, 7) is 0.399. The van der Waals surface area contributed by atoms with Crippen LogP contribution in [0.15, 0.2) is 0 Å². The molecule has 0 aromatic rings. The van der Waals surface area contributed by atoms with Crippen LogP contribution >= 0.6 is 57.1 Å². The lowest BCUT2D eigenvalue weighted by atomic mass is 10.8. The van der Waals surface area contributed by atoms with Crippen molar-refractivity contribution in [3.63, 3.8) is 0 Å². The van der Waals surface area contributed by atoms with E-state index in [2.05, 4.69) is 40.8 Å². The highest BCUT2D eigenvalue weighted by Crippen LogP contribution is 2.97. The second-order valence-electron chi connectivity index (χ2n) is 1.57. The molecule has 0 aromatic heterocycles. The minimum Gasteiger partial charge on any atom is -0.302 e. The summed E-state index contributed by atoms with van der Waals surface area (Å²) in [6, 6.07) is 0. The van der Waals surface area contributed by atoms with E-state index >= 15 is 0 Å². The molecule has 2 nitrogen and oxygen atoms in total. The van der Waals surface area contributed by atoms with Crippen molar-refractivity contribution in [3.05, 3.63) is 0 Å². The Morgan fingerprint density at radius 2 is 1.82 bits per heavy atom. The predicted molar refractivity (Wildman–Crippen MR) is 73.7 cm³/mol. The molecule has 0 rings (SSSR count). The Bertz CT molecular complexity index is 119. The van der Waals surface area contributed by atoms with E-state index < -0.39 is 0 Å². The third-order valence-corrected chi connectivity index (χ3v) is 33.3. The second-order valence-corrected chi connectivity index (χ2v) is 24.9. The first-order chi connectivity index (χ1) is 5.09. The number of hydrogen-bond acceptors (Lipinski definition) is 2. The zero-order valence-electron chi connectivity index (χ0n) is 5.84. The zero-order chi connectivity index (χ0) is 8.85. The summed E-state index contributed by atoms with van der Waals surface area (Å²) in [5.74, 6) is 0. The quantitative estimate of drug-likeness (QED) is 0.620. The molecular formula is C2H12NOP7. The minimum absolute atomic E-state index is 0.0270. The van der Waals surface area contributed by atoms with Gasteiger partial charge >= 0.3 is 0 Å². The number of nitrogens with one attached hydrogen (secondary N) is 1. The normalized spacial score (nSPS) is 16.5. The maximum absolute atomic E-state index is 10.0. The highest BCUT2D eigenvalue weighted by atomic mass is 33.0. The summed E-state index contributed by atoms with van der Waals surface area (Å²) in [4.78, 5) is 10.0. The molecule has 11 heavy (non-hydrogen) atoms. The van der Waals surface area contributed by atoms with Crippen LogP contribution in [0.3, 0.4) is 0 Å². The molecule has 0 aromatic carbocycles. The Hall–Kier alpha value is 2.64. The SMILES string of the molecule is O=CCNP(P)P(P)P(P)P. The molecule has 0 heterocycles. The average molecular weight is 283 g/mol. The molecule has 0 spiro atoms. The van der Waals surface area contributed by atoms with Crippen molar-refractivity contribution in [2.75, 3.05) is 6.54 Å². The van der Waals surface area contributed by atoms with Gasteiger partial charge in [0.1, 0.15) is 6.29 Å². The van der Waals surface area contributed by atoms with Crippen LogP contribution in [0.2, 0.25) is 0 Å². The van der Waals surface area contributed by atoms with Gasteiger partial charge in [-0.2, -0.15) is 0 Å². The Labute approximate surface area is 80.1 Å². The van der Waals surface area contributed by atoms with Gasteiger partial charge in [-0.15, -0.1) is 17.9 Å². The van der Waals surface area contributed by atoms with Crippen LogP contribution in [0, 0.1) is 0 Å². The molecule has 0 saturated carbocycles. The van der Waals surface area contributed by atoms with Gasteiger partial charge in [0.25, 0.3) is 0 Å². The first-order valence-corrected chi connectivity index (χ1v) is 14.6. The topological polar surface area (TPSA) is 29.1 Å². The van der Waals surface area contributed by atoms with E-state index in [1.54, 1.807) is 0 Å². The number of rotatable bonds is 5. The van der Waals surface area contributed by atoms with Crippen LogP contribution in [-0.4, -0.2) is 12.8 Å². The number of aldehydes is 1. The first-order valence-electron chi connectivity index (χ1n) is 2.65.